The third kappa shape index (κ3) is 3.04. The van der Waals surface area contributed by atoms with Crippen molar-refractivity contribution in [1.29, 1.82) is 0 Å². The van der Waals surface area contributed by atoms with Gasteiger partial charge < -0.3 is 11.1 Å². The van der Waals surface area contributed by atoms with Gasteiger partial charge in [0.05, 0.1) is 11.4 Å². The zero-order valence-corrected chi connectivity index (χ0v) is 12.3. The Balaban J connectivity index is 2.13. The predicted molar refractivity (Wildman–Crippen MR) is 81.5 cm³/mol. The van der Waals surface area contributed by atoms with Gasteiger partial charge in [0.25, 0.3) is 0 Å². The van der Waals surface area contributed by atoms with Crippen LogP contribution in [-0.2, 0) is 19.4 Å². The van der Waals surface area contributed by atoms with Crippen LogP contribution >= 0.6 is 0 Å². The molecule has 1 heterocycles. The highest BCUT2D eigenvalue weighted by Gasteiger charge is 2.07. The standard InChI is InChI=1S/C15H21N5/c1-4-13-14(5-2)19-20-15(18-13)17-9-11-7-6-8-12(16)10(11)3/h6-8H,4-5,9,16H2,1-3H3,(H,17,18,20). The average molecular weight is 271 g/mol. The van der Waals surface area contributed by atoms with Crippen LogP contribution in [0, 0.1) is 6.92 Å². The highest BCUT2D eigenvalue weighted by molar-refractivity contribution is 5.50. The van der Waals surface area contributed by atoms with Crippen LogP contribution in [0.1, 0.15) is 36.4 Å². The van der Waals surface area contributed by atoms with E-state index in [0.717, 1.165) is 41.0 Å². The van der Waals surface area contributed by atoms with Crippen molar-refractivity contribution in [3.05, 3.63) is 40.7 Å². The van der Waals surface area contributed by atoms with E-state index in [1.165, 1.54) is 0 Å². The second kappa shape index (κ2) is 6.32. The number of hydrogen-bond acceptors (Lipinski definition) is 5. The number of anilines is 2. The average Bonchev–Trinajstić information content (AvgIpc) is 2.48. The Kier molecular flexibility index (Phi) is 4.50. The molecule has 1 aromatic heterocycles. The minimum atomic E-state index is 0.570. The van der Waals surface area contributed by atoms with E-state index in [1.807, 2.05) is 25.1 Å². The van der Waals surface area contributed by atoms with E-state index < -0.39 is 0 Å². The van der Waals surface area contributed by atoms with E-state index in [2.05, 4.69) is 34.3 Å². The third-order valence-corrected chi connectivity index (χ3v) is 3.43. The first-order valence-electron chi connectivity index (χ1n) is 6.96. The van der Waals surface area contributed by atoms with E-state index in [9.17, 15) is 0 Å². The molecule has 0 aliphatic carbocycles. The van der Waals surface area contributed by atoms with E-state index in [4.69, 9.17) is 5.73 Å². The highest BCUT2D eigenvalue weighted by atomic mass is 15.2. The second-order valence-electron chi connectivity index (χ2n) is 4.72. The summed E-state index contributed by atoms with van der Waals surface area (Å²) < 4.78 is 0. The Morgan fingerprint density at radius 1 is 1.10 bits per heavy atom. The SMILES string of the molecule is CCc1nnc(NCc2cccc(N)c2C)nc1CC. The number of aromatic nitrogens is 3. The molecule has 20 heavy (non-hydrogen) atoms. The van der Waals surface area contributed by atoms with Crippen molar-refractivity contribution >= 4 is 11.6 Å². The zero-order chi connectivity index (χ0) is 14.5. The molecule has 106 valence electrons. The molecule has 2 aromatic rings. The summed E-state index contributed by atoms with van der Waals surface area (Å²) >= 11 is 0. The molecule has 1 aromatic carbocycles. The second-order valence-corrected chi connectivity index (χ2v) is 4.72. The number of benzene rings is 1. The lowest BCUT2D eigenvalue weighted by Crippen LogP contribution is -2.10. The molecule has 0 saturated carbocycles. The maximum atomic E-state index is 5.90. The quantitative estimate of drug-likeness (QED) is 0.817. The maximum Gasteiger partial charge on any atom is 0.243 e. The first-order chi connectivity index (χ1) is 9.65. The fourth-order valence-corrected chi connectivity index (χ4v) is 2.08. The molecule has 5 heteroatoms. The summed E-state index contributed by atoms with van der Waals surface area (Å²) in [7, 11) is 0. The van der Waals surface area contributed by atoms with Crippen LogP contribution in [0.15, 0.2) is 18.2 Å². The van der Waals surface area contributed by atoms with E-state index >= 15 is 0 Å². The minimum absolute atomic E-state index is 0.570. The van der Waals surface area contributed by atoms with Crippen molar-refractivity contribution in [1.82, 2.24) is 15.2 Å². The summed E-state index contributed by atoms with van der Waals surface area (Å²) in [6.45, 7) is 6.80. The van der Waals surface area contributed by atoms with Crippen molar-refractivity contribution in [2.24, 2.45) is 0 Å². The lowest BCUT2D eigenvalue weighted by atomic mass is 10.1. The summed E-state index contributed by atoms with van der Waals surface area (Å²) in [5.41, 5.74) is 10.9. The van der Waals surface area contributed by atoms with Crippen molar-refractivity contribution in [3.8, 4) is 0 Å². The molecular formula is C15H21N5. The Morgan fingerprint density at radius 3 is 2.55 bits per heavy atom. The number of nitrogen functional groups attached to an aromatic ring is 1. The van der Waals surface area contributed by atoms with Gasteiger partial charge in [-0.3, -0.25) is 0 Å². The number of hydrogen-bond donors (Lipinski definition) is 2. The van der Waals surface area contributed by atoms with E-state index in [1.54, 1.807) is 0 Å². The molecular weight excluding hydrogens is 250 g/mol. The van der Waals surface area contributed by atoms with Crippen LogP contribution < -0.4 is 11.1 Å². The van der Waals surface area contributed by atoms with Crippen molar-refractivity contribution in [2.75, 3.05) is 11.1 Å². The molecule has 0 aliphatic rings. The van der Waals surface area contributed by atoms with Crippen molar-refractivity contribution in [3.63, 3.8) is 0 Å². The monoisotopic (exact) mass is 271 g/mol. The molecule has 0 fully saturated rings. The van der Waals surface area contributed by atoms with Crippen molar-refractivity contribution in [2.45, 2.75) is 40.2 Å². The topological polar surface area (TPSA) is 76.7 Å². The van der Waals surface area contributed by atoms with Crippen LogP contribution in [0.25, 0.3) is 0 Å². The van der Waals surface area contributed by atoms with Crippen LogP contribution in [0.3, 0.4) is 0 Å². The Morgan fingerprint density at radius 2 is 1.85 bits per heavy atom. The fourth-order valence-electron chi connectivity index (χ4n) is 2.08. The third-order valence-electron chi connectivity index (χ3n) is 3.43. The molecule has 2 rings (SSSR count). The first-order valence-corrected chi connectivity index (χ1v) is 6.96. The zero-order valence-electron chi connectivity index (χ0n) is 12.3. The van der Waals surface area contributed by atoms with Crippen LogP contribution in [0.5, 0.6) is 0 Å². The van der Waals surface area contributed by atoms with Gasteiger partial charge in [0.1, 0.15) is 0 Å². The predicted octanol–water partition coefficient (Wildman–Crippen LogP) is 2.50. The van der Waals surface area contributed by atoms with Gasteiger partial charge in [0.15, 0.2) is 0 Å². The normalized spacial score (nSPS) is 10.6. The summed E-state index contributed by atoms with van der Waals surface area (Å²) in [6.07, 6.45) is 1.72. The molecule has 0 bridgehead atoms. The van der Waals surface area contributed by atoms with E-state index in [0.29, 0.717) is 12.5 Å². The molecule has 0 radical (unpaired) electrons. The molecule has 0 unspecified atom stereocenters. The minimum Gasteiger partial charge on any atom is -0.399 e. The van der Waals surface area contributed by atoms with Crippen LogP contribution in [-0.4, -0.2) is 15.2 Å². The molecule has 3 N–H and O–H groups in total. The highest BCUT2D eigenvalue weighted by Crippen LogP contribution is 2.16. The smallest absolute Gasteiger partial charge is 0.243 e. The van der Waals surface area contributed by atoms with Gasteiger partial charge in [0.2, 0.25) is 5.95 Å². The summed E-state index contributed by atoms with van der Waals surface area (Å²) in [6, 6.07) is 5.91. The maximum absolute atomic E-state index is 5.90. The van der Waals surface area contributed by atoms with Gasteiger partial charge in [0, 0.05) is 12.2 Å². The summed E-state index contributed by atoms with van der Waals surface area (Å²) in [4.78, 5) is 4.51. The van der Waals surface area contributed by atoms with E-state index in [-0.39, 0.29) is 0 Å². The molecule has 0 saturated heterocycles. The summed E-state index contributed by atoms with van der Waals surface area (Å²) in [5, 5.41) is 11.6. The number of rotatable bonds is 5. The van der Waals surface area contributed by atoms with Crippen molar-refractivity contribution < 1.29 is 0 Å². The van der Waals surface area contributed by atoms with Gasteiger partial charge in [-0.2, -0.15) is 5.10 Å². The molecule has 0 aliphatic heterocycles. The van der Waals surface area contributed by atoms with Crippen LogP contribution in [0.2, 0.25) is 0 Å². The van der Waals surface area contributed by atoms with Gasteiger partial charge in [-0.1, -0.05) is 26.0 Å². The Hall–Kier alpha value is -2.17. The van der Waals surface area contributed by atoms with Crippen LogP contribution in [0.4, 0.5) is 11.6 Å². The van der Waals surface area contributed by atoms with Gasteiger partial charge in [-0.25, -0.2) is 4.98 Å². The number of aryl methyl sites for hydroxylation is 2. The largest absolute Gasteiger partial charge is 0.399 e. The fraction of sp³-hybridized carbons (Fsp3) is 0.400. The molecule has 0 amide bonds. The summed E-state index contributed by atoms with van der Waals surface area (Å²) in [5.74, 6) is 0.570. The Bertz CT molecular complexity index is 595. The molecule has 5 nitrogen and oxygen atoms in total. The Labute approximate surface area is 119 Å². The first kappa shape index (κ1) is 14.2. The number of nitrogens with two attached hydrogens (primary N) is 1. The molecule has 0 spiro atoms. The lowest BCUT2D eigenvalue weighted by Gasteiger charge is -2.10. The number of nitrogens with one attached hydrogen (secondary N) is 1. The molecule has 0 atom stereocenters. The lowest BCUT2D eigenvalue weighted by molar-refractivity contribution is 0.819. The number of nitrogens with zero attached hydrogens (tertiary/aromatic N) is 3. The van der Waals surface area contributed by atoms with Gasteiger partial charge in [-0.05, 0) is 37.0 Å². The van der Waals surface area contributed by atoms with Gasteiger partial charge in [-0.15, -0.1) is 5.10 Å². The van der Waals surface area contributed by atoms with Gasteiger partial charge >= 0.3 is 0 Å².